The molecule has 11 heteroatoms. The lowest BCUT2D eigenvalue weighted by Gasteiger charge is -2.20. The van der Waals surface area contributed by atoms with Crippen molar-refractivity contribution in [2.45, 2.75) is 161 Å². The summed E-state index contributed by atoms with van der Waals surface area (Å²) >= 11 is 0. The van der Waals surface area contributed by atoms with Crippen LogP contribution >= 0.6 is 7.82 Å². The van der Waals surface area contributed by atoms with Gasteiger partial charge in [0.15, 0.2) is 6.10 Å². The van der Waals surface area contributed by atoms with Crippen molar-refractivity contribution >= 4 is 19.8 Å². The van der Waals surface area contributed by atoms with E-state index in [1.54, 1.807) is 0 Å². The van der Waals surface area contributed by atoms with Crippen LogP contribution in [0.2, 0.25) is 0 Å². The maximum atomic E-state index is 12.5. The molecule has 3 atom stereocenters. The molecule has 0 saturated carbocycles. The fourth-order valence-electron chi connectivity index (χ4n) is 4.70. The van der Waals surface area contributed by atoms with Crippen LogP contribution in [0.5, 0.6) is 0 Å². The maximum absolute atomic E-state index is 12.5. The van der Waals surface area contributed by atoms with E-state index in [0.717, 1.165) is 70.6 Å². The van der Waals surface area contributed by atoms with Gasteiger partial charge in [0.05, 0.1) is 19.8 Å². The lowest BCUT2D eigenvalue weighted by molar-refractivity contribution is -0.161. The van der Waals surface area contributed by atoms with Crippen molar-refractivity contribution in [1.29, 1.82) is 0 Å². The van der Waals surface area contributed by atoms with Gasteiger partial charge < -0.3 is 24.6 Å². The SMILES string of the molecule is CCCCC/C=C\C/C=C\C/C=C\CCCCC(=O)O[C@H](COC(=O)CCCCCCC/C=C\CCCCC)COP(=O)(O)OC[C@@H](O)CO. The average Bonchev–Trinajstić information content (AvgIpc) is 3.10. The summed E-state index contributed by atoms with van der Waals surface area (Å²) in [6.45, 7) is 2.24. The Balaban J connectivity index is 4.47. The molecule has 3 N–H and O–H groups in total. The van der Waals surface area contributed by atoms with E-state index in [9.17, 15) is 24.2 Å². The van der Waals surface area contributed by atoms with Gasteiger partial charge in [-0.3, -0.25) is 18.6 Å². The molecule has 0 radical (unpaired) electrons. The van der Waals surface area contributed by atoms with Crippen molar-refractivity contribution in [3.05, 3.63) is 48.6 Å². The van der Waals surface area contributed by atoms with Crippen LogP contribution in [0.15, 0.2) is 48.6 Å². The molecular formula is C39H69O10P. The Kier molecular flexibility index (Phi) is 33.9. The number of ether oxygens (including phenoxy) is 2. The topological polar surface area (TPSA) is 149 Å². The molecule has 10 nitrogen and oxygen atoms in total. The number of rotatable bonds is 35. The molecule has 0 aliphatic rings. The summed E-state index contributed by atoms with van der Waals surface area (Å²) < 4.78 is 32.5. The molecule has 0 spiro atoms. The van der Waals surface area contributed by atoms with Gasteiger partial charge in [0, 0.05) is 12.8 Å². The van der Waals surface area contributed by atoms with Crippen molar-refractivity contribution in [2.75, 3.05) is 26.4 Å². The zero-order valence-corrected chi connectivity index (χ0v) is 32.0. The van der Waals surface area contributed by atoms with Crippen LogP contribution in [0.3, 0.4) is 0 Å². The highest BCUT2D eigenvalue weighted by atomic mass is 31.2. The molecular weight excluding hydrogens is 659 g/mol. The lowest BCUT2D eigenvalue weighted by atomic mass is 10.1. The minimum atomic E-state index is -4.62. The molecule has 0 rings (SSSR count). The second kappa shape index (κ2) is 35.3. The number of carbonyl (C=O) groups excluding carboxylic acids is 2. The first-order chi connectivity index (χ1) is 24.2. The summed E-state index contributed by atoms with van der Waals surface area (Å²) in [7, 11) is -4.62. The summed E-state index contributed by atoms with van der Waals surface area (Å²) in [6, 6.07) is 0. The van der Waals surface area contributed by atoms with Crippen LogP contribution in [-0.2, 0) is 32.7 Å². The van der Waals surface area contributed by atoms with Crippen molar-refractivity contribution < 1.29 is 47.8 Å². The molecule has 0 aromatic carbocycles. The lowest BCUT2D eigenvalue weighted by Crippen LogP contribution is -2.29. The first-order valence-electron chi connectivity index (χ1n) is 19.1. The molecule has 0 aliphatic carbocycles. The van der Waals surface area contributed by atoms with E-state index >= 15 is 0 Å². The van der Waals surface area contributed by atoms with Gasteiger partial charge >= 0.3 is 19.8 Å². The van der Waals surface area contributed by atoms with E-state index in [1.807, 2.05) is 0 Å². The molecule has 0 bridgehead atoms. The van der Waals surface area contributed by atoms with Gasteiger partial charge in [-0.25, -0.2) is 4.57 Å². The van der Waals surface area contributed by atoms with E-state index in [4.69, 9.17) is 19.1 Å². The summed E-state index contributed by atoms with van der Waals surface area (Å²) in [5.41, 5.74) is 0. The molecule has 1 unspecified atom stereocenters. The van der Waals surface area contributed by atoms with Crippen LogP contribution < -0.4 is 0 Å². The summed E-state index contributed by atoms with van der Waals surface area (Å²) in [5.74, 6) is -0.986. The normalized spacial score (nSPS) is 14.6. The van der Waals surface area contributed by atoms with E-state index in [-0.39, 0.29) is 19.4 Å². The molecule has 0 saturated heterocycles. The third-order valence-electron chi connectivity index (χ3n) is 7.71. The van der Waals surface area contributed by atoms with Gasteiger partial charge in [0.2, 0.25) is 0 Å². The molecule has 0 amide bonds. The highest BCUT2D eigenvalue weighted by Gasteiger charge is 2.27. The fraction of sp³-hybridized carbons (Fsp3) is 0.744. The molecule has 0 fully saturated rings. The predicted molar refractivity (Wildman–Crippen MR) is 201 cm³/mol. The highest BCUT2D eigenvalue weighted by Crippen LogP contribution is 2.43. The first-order valence-corrected chi connectivity index (χ1v) is 20.6. The minimum Gasteiger partial charge on any atom is -0.462 e. The number of allylic oxidation sites excluding steroid dienone is 8. The van der Waals surface area contributed by atoms with E-state index in [1.165, 1.54) is 38.5 Å². The smallest absolute Gasteiger partial charge is 0.462 e. The number of aliphatic hydroxyl groups is 2. The van der Waals surface area contributed by atoms with Gasteiger partial charge in [-0.05, 0) is 77.0 Å². The van der Waals surface area contributed by atoms with Gasteiger partial charge in [-0.1, -0.05) is 107 Å². The number of phosphoric acid groups is 1. The van der Waals surface area contributed by atoms with Gasteiger partial charge in [0.25, 0.3) is 0 Å². The Morgan fingerprint density at radius 2 is 1.04 bits per heavy atom. The van der Waals surface area contributed by atoms with Crippen molar-refractivity contribution in [2.24, 2.45) is 0 Å². The number of hydrogen-bond acceptors (Lipinski definition) is 9. The summed E-state index contributed by atoms with van der Waals surface area (Å²) in [4.78, 5) is 34.8. The van der Waals surface area contributed by atoms with Crippen LogP contribution in [0.25, 0.3) is 0 Å². The molecule has 0 aromatic rings. The minimum absolute atomic E-state index is 0.132. The number of esters is 2. The first kappa shape index (κ1) is 47.9. The molecule has 0 heterocycles. The highest BCUT2D eigenvalue weighted by molar-refractivity contribution is 7.47. The Morgan fingerprint density at radius 3 is 1.62 bits per heavy atom. The number of hydrogen-bond donors (Lipinski definition) is 3. The van der Waals surface area contributed by atoms with Crippen LogP contribution in [0.1, 0.15) is 149 Å². The number of carbonyl (C=O) groups is 2. The third-order valence-corrected chi connectivity index (χ3v) is 8.66. The largest absolute Gasteiger partial charge is 0.472 e. The second-order valence-corrected chi connectivity index (χ2v) is 14.0. The summed E-state index contributed by atoms with van der Waals surface area (Å²) in [5, 5.41) is 18.3. The fourth-order valence-corrected chi connectivity index (χ4v) is 5.49. The van der Waals surface area contributed by atoms with E-state index < -0.39 is 51.8 Å². The predicted octanol–water partition coefficient (Wildman–Crippen LogP) is 9.38. The molecule has 0 aromatic heterocycles. The van der Waals surface area contributed by atoms with Gasteiger partial charge in [-0.15, -0.1) is 0 Å². The number of unbranched alkanes of at least 4 members (excludes halogenated alkanes) is 13. The third kappa shape index (κ3) is 34.4. The van der Waals surface area contributed by atoms with Crippen molar-refractivity contribution in [3.8, 4) is 0 Å². The van der Waals surface area contributed by atoms with Crippen molar-refractivity contribution in [3.63, 3.8) is 0 Å². The Labute approximate surface area is 303 Å². The average molecular weight is 729 g/mol. The second-order valence-electron chi connectivity index (χ2n) is 12.6. The monoisotopic (exact) mass is 728 g/mol. The molecule has 290 valence electrons. The maximum Gasteiger partial charge on any atom is 0.472 e. The van der Waals surface area contributed by atoms with E-state index in [2.05, 4.69) is 67.0 Å². The molecule has 50 heavy (non-hydrogen) atoms. The number of aliphatic hydroxyl groups excluding tert-OH is 2. The van der Waals surface area contributed by atoms with E-state index in [0.29, 0.717) is 12.8 Å². The quantitative estimate of drug-likeness (QED) is 0.0249. The zero-order valence-electron chi connectivity index (χ0n) is 31.1. The van der Waals surface area contributed by atoms with Gasteiger partial charge in [0.1, 0.15) is 12.7 Å². The Morgan fingerprint density at radius 1 is 0.600 bits per heavy atom. The zero-order chi connectivity index (χ0) is 37.0. The molecule has 0 aliphatic heterocycles. The van der Waals surface area contributed by atoms with Crippen LogP contribution in [0, 0.1) is 0 Å². The standard InChI is InChI=1S/C39H69O10P/c1-3-5-7-9-11-13-15-17-18-19-21-23-25-27-29-31-39(43)49-37(35-48-50(44,45)47-33-36(41)32-40)34-46-38(42)30-28-26-24-22-20-16-14-12-10-8-6-4-2/h11-14,17-18,21,23,36-37,40-41H,3-10,15-16,19-20,22,24-35H2,1-2H3,(H,44,45)/b13-11-,14-12-,18-17-,23-21-/t36-,37+/m0/s1. The summed E-state index contributed by atoms with van der Waals surface area (Å²) in [6.07, 6.45) is 35.1. The van der Waals surface area contributed by atoms with Crippen LogP contribution in [-0.4, -0.2) is 65.7 Å². The van der Waals surface area contributed by atoms with Crippen molar-refractivity contribution in [1.82, 2.24) is 0 Å². The van der Waals surface area contributed by atoms with Gasteiger partial charge in [-0.2, -0.15) is 0 Å². The Hall–Kier alpha value is -2.07. The van der Waals surface area contributed by atoms with Crippen LogP contribution in [0.4, 0.5) is 0 Å². The Bertz CT molecular complexity index is 978. The number of phosphoric ester groups is 1.